The van der Waals surface area contributed by atoms with Crippen molar-refractivity contribution < 1.29 is 14.6 Å². The molecule has 0 spiro atoms. The fourth-order valence-corrected chi connectivity index (χ4v) is 0.622. The zero-order valence-electron chi connectivity index (χ0n) is 6.75. The van der Waals surface area contributed by atoms with Crippen LogP contribution in [0.5, 0.6) is 0 Å². The van der Waals surface area contributed by atoms with Gasteiger partial charge in [-0.3, -0.25) is 0 Å². The lowest BCUT2D eigenvalue weighted by Gasteiger charge is -1.91. The van der Waals surface area contributed by atoms with Crippen LogP contribution in [0.15, 0.2) is 12.2 Å². The number of methoxy groups -OCH3 is 1. The highest BCUT2D eigenvalue weighted by molar-refractivity contribution is 5.81. The number of carbonyl (C=O) groups excluding carboxylic acids is 1. The van der Waals surface area contributed by atoms with Crippen molar-refractivity contribution in [2.45, 2.75) is 19.3 Å². The SMILES string of the molecule is COC(=O)/C=C\CCCCO. The monoisotopic (exact) mass is 158 g/mol. The van der Waals surface area contributed by atoms with Gasteiger partial charge in [0.15, 0.2) is 0 Å². The fraction of sp³-hybridized carbons (Fsp3) is 0.625. The number of unbranched alkanes of at least 4 members (excludes halogenated alkanes) is 2. The molecule has 0 heterocycles. The van der Waals surface area contributed by atoms with Crippen molar-refractivity contribution in [2.24, 2.45) is 0 Å². The van der Waals surface area contributed by atoms with E-state index in [0.29, 0.717) is 0 Å². The van der Waals surface area contributed by atoms with Crippen molar-refractivity contribution in [2.75, 3.05) is 13.7 Å². The molecule has 0 aliphatic heterocycles. The third kappa shape index (κ3) is 7.06. The molecule has 0 rings (SSSR count). The summed E-state index contributed by atoms with van der Waals surface area (Å²) in [6, 6.07) is 0. The minimum atomic E-state index is -0.325. The summed E-state index contributed by atoms with van der Waals surface area (Å²) in [5.74, 6) is -0.325. The molecule has 0 fully saturated rings. The van der Waals surface area contributed by atoms with Crippen LogP contribution in [-0.4, -0.2) is 24.8 Å². The topological polar surface area (TPSA) is 46.5 Å². The van der Waals surface area contributed by atoms with E-state index in [4.69, 9.17) is 5.11 Å². The highest BCUT2D eigenvalue weighted by Gasteiger charge is 1.88. The van der Waals surface area contributed by atoms with Crippen molar-refractivity contribution in [1.82, 2.24) is 0 Å². The highest BCUT2D eigenvalue weighted by Crippen LogP contribution is 1.95. The number of carbonyl (C=O) groups is 1. The zero-order valence-corrected chi connectivity index (χ0v) is 6.75. The van der Waals surface area contributed by atoms with E-state index in [1.807, 2.05) is 0 Å². The number of ether oxygens (including phenoxy) is 1. The van der Waals surface area contributed by atoms with Crippen LogP contribution < -0.4 is 0 Å². The lowest BCUT2D eigenvalue weighted by atomic mass is 10.2. The van der Waals surface area contributed by atoms with Crippen LogP contribution in [0.3, 0.4) is 0 Å². The first-order valence-corrected chi connectivity index (χ1v) is 3.66. The molecule has 3 heteroatoms. The summed E-state index contributed by atoms with van der Waals surface area (Å²) in [6.07, 6.45) is 5.66. The van der Waals surface area contributed by atoms with E-state index in [1.165, 1.54) is 13.2 Å². The maximum Gasteiger partial charge on any atom is 0.330 e. The molecule has 0 aliphatic carbocycles. The van der Waals surface area contributed by atoms with Gasteiger partial charge >= 0.3 is 5.97 Å². The minimum absolute atomic E-state index is 0.214. The molecule has 0 amide bonds. The second kappa shape index (κ2) is 7.28. The molecule has 0 bridgehead atoms. The molecule has 1 N–H and O–H groups in total. The number of allylic oxidation sites excluding steroid dienone is 1. The van der Waals surface area contributed by atoms with Gasteiger partial charge in [-0.05, 0) is 19.3 Å². The molecule has 0 saturated heterocycles. The Labute approximate surface area is 66.7 Å². The average Bonchev–Trinajstić information content (AvgIpc) is 2.04. The van der Waals surface area contributed by atoms with Crippen LogP contribution in [0, 0.1) is 0 Å². The molecular formula is C8H14O3. The summed E-state index contributed by atoms with van der Waals surface area (Å²) >= 11 is 0. The first kappa shape index (κ1) is 10.2. The maximum absolute atomic E-state index is 10.5. The van der Waals surface area contributed by atoms with Crippen LogP contribution in [0.2, 0.25) is 0 Å². The van der Waals surface area contributed by atoms with E-state index in [2.05, 4.69) is 4.74 Å². The summed E-state index contributed by atoms with van der Waals surface area (Å²) in [6.45, 7) is 0.214. The Morgan fingerprint density at radius 1 is 1.55 bits per heavy atom. The lowest BCUT2D eigenvalue weighted by molar-refractivity contribution is -0.134. The molecular weight excluding hydrogens is 144 g/mol. The number of rotatable bonds is 5. The van der Waals surface area contributed by atoms with Crippen LogP contribution in [-0.2, 0) is 9.53 Å². The molecule has 0 aliphatic rings. The lowest BCUT2D eigenvalue weighted by Crippen LogP contribution is -1.93. The van der Waals surface area contributed by atoms with Gasteiger partial charge in [0.25, 0.3) is 0 Å². The molecule has 0 unspecified atom stereocenters. The Hall–Kier alpha value is -0.830. The van der Waals surface area contributed by atoms with E-state index in [9.17, 15) is 4.79 Å². The van der Waals surface area contributed by atoms with Gasteiger partial charge in [-0.1, -0.05) is 6.08 Å². The van der Waals surface area contributed by atoms with Crippen LogP contribution in [0.4, 0.5) is 0 Å². The van der Waals surface area contributed by atoms with Gasteiger partial charge in [0.05, 0.1) is 7.11 Å². The number of hydrogen-bond acceptors (Lipinski definition) is 3. The summed E-state index contributed by atoms with van der Waals surface area (Å²) in [5, 5.41) is 8.41. The summed E-state index contributed by atoms with van der Waals surface area (Å²) in [5.41, 5.74) is 0. The molecule has 0 saturated carbocycles. The third-order valence-corrected chi connectivity index (χ3v) is 1.23. The predicted octanol–water partition coefficient (Wildman–Crippen LogP) is 0.878. The summed E-state index contributed by atoms with van der Waals surface area (Å²) < 4.78 is 4.38. The number of aliphatic hydroxyl groups excluding tert-OH is 1. The van der Waals surface area contributed by atoms with Crippen LogP contribution in [0.1, 0.15) is 19.3 Å². The second-order valence-corrected chi connectivity index (χ2v) is 2.14. The van der Waals surface area contributed by atoms with E-state index in [0.717, 1.165) is 19.3 Å². The van der Waals surface area contributed by atoms with Crippen molar-refractivity contribution in [3.05, 3.63) is 12.2 Å². The second-order valence-electron chi connectivity index (χ2n) is 2.14. The van der Waals surface area contributed by atoms with E-state index >= 15 is 0 Å². The van der Waals surface area contributed by atoms with Crippen LogP contribution in [0.25, 0.3) is 0 Å². The highest BCUT2D eigenvalue weighted by atomic mass is 16.5. The predicted molar refractivity (Wildman–Crippen MR) is 42.1 cm³/mol. The maximum atomic E-state index is 10.5. The number of aliphatic hydroxyl groups is 1. The van der Waals surface area contributed by atoms with Gasteiger partial charge in [-0.25, -0.2) is 4.79 Å². The quantitative estimate of drug-likeness (QED) is 0.367. The van der Waals surface area contributed by atoms with Crippen molar-refractivity contribution in [3.8, 4) is 0 Å². The van der Waals surface area contributed by atoms with Crippen LogP contribution >= 0.6 is 0 Å². The van der Waals surface area contributed by atoms with Gasteiger partial charge in [-0.2, -0.15) is 0 Å². The van der Waals surface area contributed by atoms with E-state index < -0.39 is 0 Å². The normalized spacial score (nSPS) is 10.4. The largest absolute Gasteiger partial charge is 0.466 e. The molecule has 0 aromatic heterocycles. The smallest absolute Gasteiger partial charge is 0.330 e. The standard InChI is InChI=1S/C8H14O3/c1-11-8(10)6-4-2-3-5-7-9/h4,6,9H,2-3,5,7H2,1H3/b6-4-. The van der Waals surface area contributed by atoms with Gasteiger partial charge in [0.1, 0.15) is 0 Å². The zero-order chi connectivity index (χ0) is 8.53. The average molecular weight is 158 g/mol. The van der Waals surface area contributed by atoms with Crippen molar-refractivity contribution >= 4 is 5.97 Å². The fourth-order valence-electron chi connectivity index (χ4n) is 0.622. The molecule has 0 atom stereocenters. The minimum Gasteiger partial charge on any atom is -0.466 e. The van der Waals surface area contributed by atoms with E-state index in [-0.39, 0.29) is 12.6 Å². The molecule has 0 aromatic rings. The number of hydrogen-bond donors (Lipinski definition) is 1. The Kier molecular flexibility index (Phi) is 6.73. The first-order chi connectivity index (χ1) is 5.31. The molecule has 0 radical (unpaired) electrons. The molecule has 64 valence electrons. The Bertz CT molecular complexity index is 129. The molecule has 11 heavy (non-hydrogen) atoms. The Balaban J connectivity index is 3.22. The van der Waals surface area contributed by atoms with Gasteiger partial charge in [0.2, 0.25) is 0 Å². The van der Waals surface area contributed by atoms with Gasteiger partial charge in [-0.15, -0.1) is 0 Å². The van der Waals surface area contributed by atoms with Crippen molar-refractivity contribution in [3.63, 3.8) is 0 Å². The van der Waals surface area contributed by atoms with Gasteiger partial charge in [0, 0.05) is 12.7 Å². The molecule has 0 aromatic carbocycles. The first-order valence-electron chi connectivity index (χ1n) is 3.66. The molecule has 3 nitrogen and oxygen atoms in total. The summed E-state index contributed by atoms with van der Waals surface area (Å²) in [7, 11) is 1.35. The number of esters is 1. The summed E-state index contributed by atoms with van der Waals surface area (Å²) in [4.78, 5) is 10.5. The van der Waals surface area contributed by atoms with Gasteiger partial charge < -0.3 is 9.84 Å². The van der Waals surface area contributed by atoms with Crippen molar-refractivity contribution in [1.29, 1.82) is 0 Å². The van der Waals surface area contributed by atoms with E-state index in [1.54, 1.807) is 6.08 Å². The third-order valence-electron chi connectivity index (χ3n) is 1.23. The Morgan fingerprint density at radius 2 is 2.27 bits per heavy atom. The Morgan fingerprint density at radius 3 is 2.82 bits per heavy atom.